The Hall–Kier alpha value is -1.22. The monoisotopic (exact) mass is 233 g/mol. The number of benzene rings is 1. The van der Waals surface area contributed by atoms with E-state index in [4.69, 9.17) is 5.21 Å². The van der Waals surface area contributed by atoms with Crippen LogP contribution < -0.4 is 0 Å². The number of thioether (sulfide) groups is 1. The molecule has 1 aromatic carbocycles. The van der Waals surface area contributed by atoms with Gasteiger partial charge in [-0.15, -0.1) is 11.8 Å². The van der Waals surface area contributed by atoms with Crippen molar-refractivity contribution in [3.8, 4) is 0 Å². The standard InChI is InChI=1S/C13H15NOS/c1-13(10-6-5-9-12(13)14-15)16-11-7-3-2-4-8-11/h2-8,15H,9-10H2,1H3/b14-12+/t13-/m0/s1. The van der Waals surface area contributed by atoms with E-state index in [-0.39, 0.29) is 4.75 Å². The van der Waals surface area contributed by atoms with Crippen molar-refractivity contribution in [3.05, 3.63) is 42.5 Å². The molecule has 3 heteroatoms. The van der Waals surface area contributed by atoms with Crippen LogP contribution >= 0.6 is 11.8 Å². The predicted octanol–water partition coefficient (Wildman–Crippen LogP) is 3.72. The molecule has 2 rings (SSSR count). The maximum absolute atomic E-state index is 9.05. The second-order valence-electron chi connectivity index (χ2n) is 4.07. The van der Waals surface area contributed by atoms with Gasteiger partial charge in [0.25, 0.3) is 0 Å². The first-order chi connectivity index (χ1) is 7.74. The highest BCUT2D eigenvalue weighted by Crippen LogP contribution is 2.39. The maximum Gasteiger partial charge on any atom is 0.0772 e. The van der Waals surface area contributed by atoms with Gasteiger partial charge in [0.15, 0.2) is 0 Å². The lowest BCUT2D eigenvalue weighted by molar-refractivity contribution is 0.315. The van der Waals surface area contributed by atoms with Crippen LogP contribution in [0.2, 0.25) is 0 Å². The van der Waals surface area contributed by atoms with Crippen molar-refractivity contribution in [2.24, 2.45) is 5.16 Å². The van der Waals surface area contributed by atoms with Crippen LogP contribution in [0.15, 0.2) is 52.5 Å². The summed E-state index contributed by atoms with van der Waals surface area (Å²) in [4.78, 5) is 1.21. The maximum atomic E-state index is 9.05. The zero-order valence-electron chi connectivity index (χ0n) is 9.26. The third-order valence-corrected chi connectivity index (χ3v) is 4.16. The van der Waals surface area contributed by atoms with Gasteiger partial charge in [-0.2, -0.15) is 0 Å². The van der Waals surface area contributed by atoms with E-state index >= 15 is 0 Å². The first kappa shape index (κ1) is 11.3. The Morgan fingerprint density at radius 2 is 2.00 bits per heavy atom. The van der Waals surface area contributed by atoms with E-state index < -0.39 is 0 Å². The summed E-state index contributed by atoms with van der Waals surface area (Å²) in [5.74, 6) is 0. The minimum atomic E-state index is -0.120. The van der Waals surface area contributed by atoms with Crippen molar-refractivity contribution in [3.63, 3.8) is 0 Å². The van der Waals surface area contributed by atoms with Crippen LogP contribution in [-0.2, 0) is 0 Å². The Bertz CT molecular complexity index is 413. The highest BCUT2D eigenvalue weighted by Gasteiger charge is 2.32. The average molecular weight is 233 g/mol. The molecule has 1 N–H and O–H groups in total. The van der Waals surface area contributed by atoms with E-state index in [0.29, 0.717) is 0 Å². The van der Waals surface area contributed by atoms with E-state index in [1.165, 1.54) is 4.90 Å². The van der Waals surface area contributed by atoms with Crippen molar-refractivity contribution in [1.29, 1.82) is 0 Å². The van der Waals surface area contributed by atoms with Crippen LogP contribution in [0.25, 0.3) is 0 Å². The largest absolute Gasteiger partial charge is 0.411 e. The summed E-state index contributed by atoms with van der Waals surface area (Å²) in [7, 11) is 0. The normalized spacial score (nSPS) is 27.2. The molecule has 0 heterocycles. The first-order valence-corrected chi connectivity index (χ1v) is 6.17. The van der Waals surface area contributed by atoms with Gasteiger partial charge in [0, 0.05) is 11.3 Å². The molecule has 1 atom stereocenters. The number of oxime groups is 1. The summed E-state index contributed by atoms with van der Waals surface area (Å²) in [6.07, 6.45) is 5.87. The van der Waals surface area contributed by atoms with Crippen LogP contribution in [0.5, 0.6) is 0 Å². The van der Waals surface area contributed by atoms with Crippen LogP contribution in [-0.4, -0.2) is 15.7 Å². The fraction of sp³-hybridized carbons (Fsp3) is 0.308. The Balaban J connectivity index is 2.22. The van der Waals surface area contributed by atoms with Crippen molar-refractivity contribution in [2.75, 3.05) is 0 Å². The van der Waals surface area contributed by atoms with Crippen molar-refractivity contribution >= 4 is 17.5 Å². The number of hydrogen-bond donors (Lipinski definition) is 1. The molecule has 2 nitrogen and oxygen atoms in total. The molecule has 0 aliphatic heterocycles. The van der Waals surface area contributed by atoms with Crippen LogP contribution in [0.1, 0.15) is 19.8 Å². The molecule has 0 unspecified atom stereocenters. The minimum absolute atomic E-state index is 0.120. The van der Waals surface area contributed by atoms with Gasteiger partial charge >= 0.3 is 0 Å². The SMILES string of the molecule is C[C@]1(Sc2ccccc2)CC=CC/C1=N\O. The quantitative estimate of drug-likeness (QED) is 0.480. The molecule has 0 saturated heterocycles. The molecule has 0 radical (unpaired) electrons. The molecule has 1 aliphatic carbocycles. The lowest BCUT2D eigenvalue weighted by Gasteiger charge is -2.30. The third-order valence-electron chi connectivity index (χ3n) is 2.80. The smallest absolute Gasteiger partial charge is 0.0772 e. The Morgan fingerprint density at radius 3 is 2.69 bits per heavy atom. The predicted molar refractivity (Wildman–Crippen MR) is 68.3 cm³/mol. The molecule has 1 aliphatic rings. The highest BCUT2D eigenvalue weighted by molar-refractivity contribution is 8.01. The lowest BCUT2D eigenvalue weighted by atomic mass is 9.93. The molecule has 0 bridgehead atoms. The highest BCUT2D eigenvalue weighted by atomic mass is 32.2. The van der Waals surface area contributed by atoms with E-state index in [1.807, 2.05) is 18.2 Å². The van der Waals surface area contributed by atoms with Crippen molar-refractivity contribution < 1.29 is 5.21 Å². The Labute approximate surface area is 100 Å². The second kappa shape index (κ2) is 4.74. The molecule has 0 fully saturated rings. The van der Waals surface area contributed by atoms with E-state index in [1.54, 1.807) is 11.8 Å². The van der Waals surface area contributed by atoms with Gasteiger partial charge in [-0.25, -0.2) is 0 Å². The van der Waals surface area contributed by atoms with Gasteiger partial charge < -0.3 is 5.21 Å². The zero-order valence-corrected chi connectivity index (χ0v) is 10.1. The van der Waals surface area contributed by atoms with E-state index in [0.717, 1.165) is 18.6 Å². The van der Waals surface area contributed by atoms with Crippen molar-refractivity contribution in [1.82, 2.24) is 0 Å². The molecule has 0 saturated carbocycles. The van der Waals surface area contributed by atoms with Gasteiger partial charge in [0.05, 0.1) is 10.5 Å². The van der Waals surface area contributed by atoms with Crippen LogP contribution in [0.3, 0.4) is 0 Å². The van der Waals surface area contributed by atoms with Crippen LogP contribution in [0.4, 0.5) is 0 Å². The van der Waals surface area contributed by atoms with E-state index in [9.17, 15) is 0 Å². The lowest BCUT2D eigenvalue weighted by Crippen LogP contribution is -2.32. The Kier molecular flexibility index (Phi) is 3.34. The number of hydrogen-bond acceptors (Lipinski definition) is 3. The summed E-state index contributed by atoms with van der Waals surface area (Å²) < 4.78 is -0.120. The minimum Gasteiger partial charge on any atom is -0.411 e. The molecule has 0 spiro atoms. The molecule has 1 aromatic rings. The van der Waals surface area contributed by atoms with Gasteiger partial charge in [-0.1, -0.05) is 35.5 Å². The number of nitrogens with zero attached hydrogens (tertiary/aromatic N) is 1. The first-order valence-electron chi connectivity index (χ1n) is 5.35. The molecule has 16 heavy (non-hydrogen) atoms. The zero-order chi connectivity index (χ0) is 11.4. The van der Waals surface area contributed by atoms with E-state index in [2.05, 4.69) is 36.4 Å². The van der Waals surface area contributed by atoms with Gasteiger partial charge in [-0.05, 0) is 25.5 Å². The third kappa shape index (κ3) is 2.30. The summed E-state index contributed by atoms with van der Waals surface area (Å²) in [6, 6.07) is 10.2. The molecule has 84 valence electrons. The van der Waals surface area contributed by atoms with Gasteiger partial charge in [0.2, 0.25) is 0 Å². The second-order valence-corrected chi connectivity index (χ2v) is 5.65. The molecular formula is C13H15NOS. The number of allylic oxidation sites excluding steroid dienone is 2. The summed E-state index contributed by atoms with van der Waals surface area (Å²) in [5.41, 5.74) is 0.851. The van der Waals surface area contributed by atoms with Gasteiger partial charge in [0.1, 0.15) is 0 Å². The summed E-state index contributed by atoms with van der Waals surface area (Å²) in [5, 5.41) is 12.5. The Morgan fingerprint density at radius 1 is 1.25 bits per heavy atom. The topological polar surface area (TPSA) is 32.6 Å². The molecular weight excluding hydrogens is 218 g/mol. The fourth-order valence-corrected chi connectivity index (χ4v) is 3.07. The van der Waals surface area contributed by atoms with Crippen LogP contribution in [0, 0.1) is 0 Å². The summed E-state index contributed by atoms with van der Waals surface area (Å²) in [6.45, 7) is 2.13. The average Bonchev–Trinajstić information content (AvgIpc) is 2.30. The molecule has 0 amide bonds. The van der Waals surface area contributed by atoms with Crippen molar-refractivity contribution in [2.45, 2.75) is 29.4 Å². The summed E-state index contributed by atoms with van der Waals surface area (Å²) >= 11 is 1.76. The molecule has 0 aromatic heterocycles. The number of rotatable bonds is 2. The fourth-order valence-electron chi connectivity index (χ4n) is 1.83. The van der Waals surface area contributed by atoms with Gasteiger partial charge in [-0.3, -0.25) is 0 Å².